The number of benzene rings is 2. The number of carbonyl (C=O) groups is 1. The Bertz CT molecular complexity index is 855. The molecule has 0 unspecified atom stereocenters. The summed E-state index contributed by atoms with van der Waals surface area (Å²) in [7, 11) is 0. The summed E-state index contributed by atoms with van der Waals surface area (Å²) in [6, 6.07) is 13.7. The van der Waals surface area contributed by atoms with Crippen molar-refractivity contribution in [1.82, 2.24) is 10.2 Å². The largest absolute Gasteiger partial charge is 0.416 e. The molecule has 154 valence electrons. The van der Waals surface area contributed by atoms with Crippen molar-refractivity contribution < 1.29 is 18.0 Å². The van der Waals surface area contributed by atoms with Gasteiger partial charge in [0.15, 0.2) is 0 Å². The highest BCUT2D eigenvalue weighted by atomic mass is 19.4. The van der Waals surface area contributed by atoms with Crippen LogP contribution >= 0.6 is 0 Å². The van der Waals surface area contributed by atoms with Crippen molar-refractivity contribution >= 4 is 5.91 Å². The summed E-state index contributed by atoms with van der Waals surface area (Å²) >= 11 is 0. The zero-order valence-corrected chi connectivity index (χ0v) is 16.2. The maximum Gasteiger partial charge on any atom is 0.416 e. The van der Waals surface area contributed by atoms with Gasteiger partial charge in [0.2, 0.25) is 0 Å². The van der Waals surface area contributed by atoms with E-state index < -0.39 is 17.6 Å². The molecular formula is C23H25F3N2O. The number of hydrogen-bond acceptors (Lipinski definition) is 2. The number of fused-ring (bicyclic) bond motifs is 1. The Morgan fingerprint density at radius 3 is 2.48 bits per heavy atom. The van der Waals surface area contributed by atoms with Crippen LogP contribution in [0.2, 0.25) is 0 Å². The molecule has 1 N–H and O–H groups in total. The molecule has 1 atom stereocenters. The van der Waals surface area contributed by atoms with Crippen LogP contribution in [0.3, 0.4) is 0 Å². The number of halogens is 3. The molecule has 1 amide bonds. The van der Waals surface area contributed by atoms with Crippen LogP contribution in [0.25, 0.3) is 0 Å². The van der Waals surface area contributed by atoms with Crippen LogP contribution in [0.1, 0.15) is 39.9 Å². The van der Waals surface area contributed by atoms with E-state index in [9.17, 15) is 18.0 Å². The molecule has 6 heteroatoms. The number of piperidine rings is 1. The fraction of sp³-hybridized carbons (Fsp3) is 0.435. The van der Waals surface area contributed by atoms with E-state index in [0.717, 1.165) is 50.9 Å². The van der Waals surface area contributed by atoms with Gasteiger partial charge >= 0.3 is 6.18 Å². The molecule has 0 saturated carbocycles. The van der Waals surface area contributed by atoms with E-state index in [0.29, 0.717) is 18.5 Å². The summed E-state index contributed by atoms with van der Waals surface area (Å²) in [5.74, 6) is -0.122. The van der Waals surface area contributed by atoms with Crippen molar-refractivity contribution in [2.45, 2.75) is 37.9 Å². The summed E-state index contributed by atoms with van der Waals surface area (Å²) < 4.78 is 38.6. The molecule has 29 heavy (non-hydrogen) atoms. The first kappa shape index (κ1) is 20.0. The molecule has 1 aliphatic heterocycles. The van der Waals surface area contributed by atoms with Crippen molar-refractivity contribution in [2.75, 3.05) is 19.6 Å². The van der Waals surface area contributed by atoms with Crippen molar-refractivity contribution in [2.24, 2.45) is 5.92 Å². The third-order valence-corrected chi connectivity index (χ3v) is 6.10. The summed E-state index contributed by atoms with van der Waals surface area (Å²) in [5.41, 5.74) is 2.11. The van der Waals surface area contributed by atoms with Crippen LogP contribution in [0.15, 0.2) is 48.5 Å². The highest BCUT2D eigenvalue weighted by Gasteiger charge is 2.32. The highest BCUT2D eigenvalue weighted by Crippen LogP contribution is 2.30. The minimum Gasteiger partial charge on any atom is -0.352 e. The molecule has 1 fully saturated rings. The Labute approximate surface area is 168 Å². The molecule has 0 spiro atoms. The standard InChI is InChI=1S/C23H25F3N2O/c24-23(25,26)20-9-3-8-19(11-20)22(29)27-14-16-5-4-10-28(15-16)21-12-17-6-1-2-7-18(17)13-21/h1-3,6-9,11,16,21H,4-5,10,12-15H2,(H,27,29)/t16-/m1/s1. The molecule has 0 bridgehead atoms. The van der Waals surface area contributed by atoms with Gasteiger partial charge in [-0.1, -0.05) is 30.3 Å². The molecule has 4 rings (SSSR count). The van der Waals surface area contributed by atoms with E-state index in [1.165, 1.54) is 23.3 Å². The second kappa shape index (κ2) is 8.19. The normalized spacial score (nSPS) is 20.4. The monoisotopic (exact) mass is 402 g/mol. The van der Waals surface area contributed by atoms with Crippen molar-refractivity contribution in [3.8, 4) is 0 Å². The number of likely N-dealkylation sites (tertiary alicyclic amines) is 1. The second-order valence-corrected chi connectivity index (χ2v) is 8.12. The maximum atomic E-state index is 12.9. The Hall–Kier alpha value is -2.34. The quantitative estimate of drug-likeness (QED) is 0.826. The lowest BCUT2D eigenvalue weighted by atomic mass is 9.95. The van der Waals surface area contributed by atoms with Crippen LogP contribution < -0.4 is 5.32 Å². The smallest absolute Gasteiger partial charge is 0.352 e. The molecule has 0 radical (unpaired) electrons. The second-order valence-electron chi connectivity index (χ2n) is 8.12. The van der Waals surface area contributed by atoms with E-state index >= 15 is 0 Å². The van der Waals surface area contributed by atoms with Crippen LogP contribution in [0, 0.1) is 5.92 Å². The number of nitrogens with zero attached hydrogens (tertiary/aromatic N) is 1. The lowest BCUT2D eigenvalue weighted by molar-refractivity contribution is -0.137. The summed E-state index contributed by atoms with van der Waals surface area (Å²) in [4.78, 5) is 14.9. The van der Waals surface area contributed by atoms with Crippen molar-refractivity contribution in [1.29, 1.82) is 0 Å². The van der Waals surface area contributed by atoms with Gasteiger partial charge in [-0.15, -0.1) is 0 Å². The lowest BCUT2D eigenvalue weighted by Crippen LogP contribution is -2.46. The summed E-state index contributed by atoms with van der Waals surface area (Å²) in [6.45, 7) is 2.48. The van der Waals surface area contributed by atoms with Crippen LogP contribution in [-0.4, -0.2) is 36.5 Å². The molecule has 3 nitrogen and oxygen atoms in total. The van der Waals surface area contributed by atoms with E-state index in [2.05, 4.69) is 34.5 Å². The molecule has 0 aromatic heterocycles. The van der Waals surface area contributed by atoms with Crippen LogP contribution in [0.5, 0.6) is 0 Å². The van der Waals surface area contributed by atoms with Gasteiger partial charge in [-0.3, -0.25) is 9.69 Å². The van der Waals surface area contributed by atoms with Gasteiger partial charge in [0.1, 0.15) is 0 Å². The first-order valence-corrected chi connectivity index (χ1v) is 10.2. The van der Waals surface area contributed by atoms with Gasteiger partial charge in [0.25, 0.3) is 5.91 Å². The molecule has 1 saturated heterocycles. The average molecular weight is 402 g/mol. The van der Waals surface area contributed by atoms with E-state index in [-0.39, 0.29) is 5.56 Å². The van der Waals surface area contributed by atoms with Gasteiger partial charge in [0, 0.05) is 24.7 Å². The van der Waals surface area contributed by atoms with Gasteiger partial charge in [0.05, 0.1) is 5.56 Å². The lowest BCUT2D eigenvalue weighted by Gasteiger charge is -2.37. The summed E-state index contributed by atoms with van der Waals surface area (Å²) in [6.07, 6.45) is -0.200. The number of rotatable bonds is 4. The predicted molar refractivity (Wildman–Crippen MR) is 106 cm³/mol. The zero-order valence-electron chi connectivity index (χ0n) is 16.2. The third-order valence-electron chi connectivity index (χ3n) is 6.10. The number of carbonyl (C=O) groups excluding carboxylic acids is 1. The molecule has 2 aromatic carbocycles. The predicted octanol–water partition coefficient (Wildman–Crippen LogP) is 4.31. The van der Waals surface area contributed by atoms with E-state index in [4.69, 9.17) is 0 Å². The Morgan fingerprint density at radius 2 is 1.79 bits per heavy atom. The highest BCUT2D eigenvalue weighted by molar-refractivity contribution is 5.94. The van der Waals surface area contributed by atoms with Gasteiger partial charge in [-0.05, 0) is 67.5 Å². The van der Waals surface area contributed by atoms with Gasteiger partial charge in [-0.25, -0.2) is 0 Å². The molecule has 2 aromatic rings. The van der Waals surface area contributed by atoms with Crippen molar-refractivity contribution in [3.05, 3.63) is 70.8 Å². The average Bonchev–Trinajstić information content (AvgIpc) is 3.16. The third kappa shape index (κ3) is 4.64. The Kier molecular flexibility index (Phi) is 5.63. The number of amides is 1. The van der Waals surface area contributed by atoms with E-state index in [1.54, 1.807) is 0 Å². The Balaban J connectivity index is 1.32. The minimum atomic E-state index is -4.45. The molecule has 1 heterocycles. The Morgan fingerprint density at radius 1 is 1.07 bits per heavy atom. The van der Waals surface area contributed by atoms with Gasteiger partial charge < -0.3 is 5.32 Å². The number of hydrogen-bond donors (Lipinski definition) is 1. The maximum absolute atomic E-state index is 12.9. The van der Waals surface area contributed by atoms with Crippen LogP contribution in [-0.2, 0) is 19.0 Å². The fourth-order valence-electron chi connectivity index (χ4n) is 4.57. The topological polar surface area (TPSA) is 32.3 Å². The van der Waals surface area contributed by atoms with E-state index in [1.807, 2.05) is 0 Å². The molecule has 2 aliphatic rings. The number of alkyl halides is 3. The zero-order chi connectivity index (χ0) is 20.4. The molecule has 1 aliphatic carbocycles. The SMILES string of the molecule is O=C(NC[C@H]1CCCN(C2Cc3ccccc3C2)C1)c1cccc(C(F)(F)F)c1. The first-order valence-electron chi connectivity index (χ1n) is 10.2. The minimum absolute atomic E-state index is 0.0544. The van der Waals surface area contributed by atoms with Gasteiger partial charge in [-0.2, -0.15) is 13.2 Å². The number of nitrogens with one attached hydrogen (secondary N) is 1. The summed E-state index contributed by atoms with van der Waals surface area (Å²) in [5, 5.41) is 2.84. The molecular weight excluding hydrogens is 377 g/mol. The van der Waals surface area contributed by atoms with Crippen LogP contribution in [0.4, 0.5) is 13.2 Å². The van der Waals surface area contributed by atoms with Crippen molar-refractivity contribution in [3.63, 3.8) is 0 Å². The fourth-order valence-corrected chi connectivity index (χ4v) is 4.57. The first-order chi connectivity index (χ1) is 13.9.